The van der Waals surface area contributed by atoms with Gasteiger partial charge in [0.2, 0.25) is 0 Å². The van der Waals surface area contributed by atoms with Gasteiger partial charge in [-0.2, -0.15) is 0 Å². The maximum absolute atomic E-state index is 4.98. The number of hydrogen-bond donors (Lipinski definition) is 2. The predicted octanol–water partition coefficient (Wildman–Crippen LogP) is 2.11. The summed E-state index contributed by atoms with van der Waals surface area (Å²) in [6, 6.07) is 3.79. The second-order valence-electron chi connectivity index (χ2n) is 3.30. The van der Waals surface area contributed by atoms with Gasteiger partial charge in [-0.1, -0.05) is 0 Å². The molecule has 0 aliphatic rings. The summed E-state index contributed by atoms with van der Waals surface area (Å²) in [5.74, 6) is 1.62. The minimum Gasteiger partial charge on any atom is -0.472 e. The summed E-state index contributed by atoms with van der Waals surface area (Å²) in [4.78, 5) is 8.22. The highest BCUT2D eigenvalue weighted by molar-refractivity contribution is 5.46. The van der Waals surface area contributed by atoms with Crippen molar-refractivity contribution in [1.82, 2.24) is 9.97 Å². The molecule has 2 aromatic rings. The molecule has 0 saturated carbocycles. The van der Waals surface area contributed by atoms with Crippen LogP contribution in [0.25, 0.3) is 0 Å². The molecule has 0 bridgehead atoms. The first kappa shape index (κ1) is 10.5. The second-order valence-corrected chi connectivity index (χ2v) is 3.30. The molecule has 0 aliphatic carbocycles. The number of hydrogen-bond acceptors (Lipinski definition) is 5. The fourth-order valence-electron chi connectivity index (χ4n) is 1.32. The van der Waals surface area contributed by atoms with E-state index in [1.54, 1.807) is 12.5 Å². The molecular weight excluding hydrogens is 204 g/mol. The molecular formula is C11H14N4O. The Bertz CT molecular complexity index is 427. The van der Waals surface area contributed by atoms with Crippen molar-refractivity contribution in [2.45, 2.75) is 13.5 Å². The number of furan rings is 1. The Labute approximate surface area is 93.9 Å². The summed E-state index contributed by atoms with van der Waals surface area (Å²) < 4.78 is 4.98. The van der Waals surface area contributed by atoms with E-state index in [4.69, 9.17) is 4.42 Å². The van der Waals surface area contributed by atoms with Crippen LogP contribution in [0, 0.1) is 0 Å². The Morgan fingerprint density at radius 2 is 2.06 bits per heavy atom. The van der Waals surface area contributed by atoms with E-state index in [-0.39, 0.29) is 0 Å². The van der Waals surface area contributed by atoms with Crippen molar-refractivity contribution in [2.75, 3.05) is 17.2 Å². The van der Waals surface area contributed by atoms with Gasteiger partial charge in [-0.15, -0.1) is 0 Å². The molecule has 84 valence electrons. The Balaban J connectivity index is 1.96. The third-order valence-corrected chi connectivity index (χ3v) is 2.08. The van der Waals surface area contributed by atoms with Crippen LogP contribution in [-0.2, 0) is 6.54 Å². The van der Waals surface area contributed by atoms with Crippen LogP contribution in [0.4, 0.5) is 11.6 Å². The summed E-state index contributed by atoms with van der Waals surface area (Å²) in [6.07, 6.45) is 4.90. The number of nitrogens with zero attached hydrogens (tertiary/aromatic N) is 2. The molecule has 0 atom stereocenters. The highest BCUT2D eigenvalue weighted by atomic mass is 16.3. The Kier molecular flexibility index (Phi) is 3.38. The topological polar surface area (TPSA) is 63.0 Å². The van der Waals surface area contributed by atoms with Gasteiger partial charge in [0.25, 0.3) is 0 Å². The molecule has 0 aliphatic heterocycles. The van der Waals surface area contributed by atoms with Crippen molar-refractivity contribution in [3.63, 3.8) is 0 Å². The van der Waals surface area contributed by atoms with Gasteiger partial charge in [0.15, 0.2) is 0 Å². The van der Waals surface area contributed by atoms with Crippen LogP contribution >= 0.6 is 0 Å². The average molecular weight is 218 g/mol. The van der Waals surface area contributed by atoms with Crippen molar-refractivity contribution in [2.24, 2.45) is 0 Å². The van der Waals surface area contributed by atoms with Crippen LogP contribution in [0.1, 0.15) is 12.5 Å². The van der Waals surface area contributed by atoms with Crippen LogP contribution in [0.3, 0.4) is 0 Å². The predicted molar refractivity (Wildman–Crippen MR) is 62.2 cm³/mol. The molecule has 5 heteroatoms. The molecule has 0 spiro atoms. The van der Waals surface area contributed by atoms with E-state index < -0.39 is 0 Å². The molecule has 0 amide bonds. The summed E-state index contributed by atoms with van der Waals surface area (Å²) in [5, 5.41) is 6.33. The van der Waals surface area contributed by atoms with Crippen LogP contribution in [-0.4, -0.2) is 16.5 Å². The van der Waals surface area contributed by atoms with Gasteiger partial charge in [0.05, 0.1) is 12.5 Å². The lowest BCUT2D eigenvalue weighted by Crippen LogP contribution is -2.04. The van der Waals surface area contributed by atoms with Crippen LogP contribution in [0.5, 0.6) is 0 Å². The highest BCUT2D eigenvalue weighted by Crippen LogP contribution is 2.10. The van der Waals surface area contributed by atoms with E-state index in [0.717, 1.165) is 23.7 Å². The van der Waals surface area contributed by atoms with Gasteiger partial charge in [0.1, 0.15) is 18.0 Å². The van der Waals surface area contributed by atoms with Gasteiger partial charge < -0.3 is 15.1 Å². The molecule has 2 rings (SSSR count). The number of aromatic nitrogens is 2. The maximum atomic E-state index is 4.98. The zero-order valence-corrected chi connectivity index (χ0v) is 9.10. The molecule has 0 unspecified atom stereocenters. The first-order valence-electron chi connectivity index (χ1n) is 5.19. The summed E-state index contributed by atoms with van der Waals surface area (Å²) >= 11 is 0. The fourth-order valence-corrected chi connectivity index (χ4v) is 1.32. The lowest BCUT2D eigenvalue weighted by Gasteiger charge is -2.06. The lowest BCUT2D eigenvalue weighted by atomic mass is 10.3. The smallest absolute Gasteiger partial charge is 0.131 e. The maximum Gasteiger partial charge on any atom is 0.131 e. The minimum absolute atomic E-state index is 0.694. The summed E-state index contributed by atoms with van der Waals surface area (Å²) in [6.45, 7) is 3.57. The Morgan fingerprint density at radius 1 is 1.25 bits per heavy atom. The highest BCUT2D eigenvalue weighted by Gasteiger charge is 1.98. The third-order valence-electron chi connectivity index (χ3n) is 2.08. The van der Waals surface area contributed by atoms with Gasteiger partial charge >= 0.3 is 0 Å². The number of anilines is 2. The molecule has 5 nitrogen and oxygen atoms in total. The molecule has 0 fully saturated rings. The van der Waals surface area contributed by atoms with E-state index in [2.05, 4.69) is 20.6 Å². The number of rotatable bonds is 5. The number of nitrogens with one attached hydrogen (secondary N) is 2. The first-order valence-corrected chi connectivity index (χ1v) is 5.19. The average Bonchev–Trinajstić information content (AvgIpc) is 2.80. The van der Waals surface area contributed by atoms with Crippen molar-refractivity contribution in [1.29, 1.82) is 0 Å². The molecule has 2 heterocycles. The van der Waals surface area contributed by atoms with Crippen LogP contribution in [0.15, 0.2) is 35.4 Å². The lowest BCUT2D eigenvalue weighted by molar-refractivity contribution is 0.564. The van der Waals surface area contributed by atoms with Gasteiger partial charge in [-0.3, -0.25) is 0 Å². The third kappa shape index (κ3) is 2.73. The molecule has 2 N–H and O–H groups in total. The second kappa shape index (κ2) is 5.16. The SMILES string of the molecule is CCNc1cc(NCc2ccoc2)ncn1. The zero-order valence-electron chi connectivity index (χ0n) is 9.10. The standard InChI is InChI=1S/C11H14N4O/c1-2-12-10-5-11(15-8-14-10)13-6-9-3-4-16-7-9/h3-5,7-8H,2,6H2,1H3,(H2,12,13,14,15). The van der Waals surface area contributed by atoms with Crippen molar-refractivity contribution in [3.8, 4) is 0 Å². The zero-order chi connectivity index (χ0) is 11.2. The normalized spacial score (nSPS) is 10.1. The Hall–Kier alpha value is -2.04. The Morgan fingerprint density at radius 3 is 2.75 bits per heavy atom. The van der Waals surface area contributed by atoms with E-state index in [0.29, 0.717) is 6.54 Å². The van der Waals surface area contributed by atoms with Crippen molar-refractivity contribution >= 4 is 11.6 Å². The van der Waals surface area contributed by atoms with Crippen molar-refractivity contribution in [3.05, 3.63) is 36.5 Å². The molecule has 0 aromatic carbocycles. The fraction of sp³-hybridized carbons (Fsp3) is 0.273. The molecule has 0 radical (unpaired) electrons. The van der Waals surface area contributed by atoms with E-state index in [9.17, 15) is 0 Å². The monoisotopic (exact) mass is 218 g/mol. The van der Waals surface area contributed by atoms with Crippen molar-refractivity contribution < 1.29 is 4.42 Å². The van der Waals surface area contributed by atoms with Gasteiger partial charge in [-0.25, -0.2) is 9.97 Å². The minimum atomic E-state index is 0.694. The molecule has 2 aromatic heterocycles. The largest absolute Gasteiger partial charge is 0.472 e. The van der Waals surface area contributed by atoms with Crippen LogP contribution in [0.2, 0.25) is 0 Å². The first-order chi connectivity index (χ1) is 7.88. The molecule has 0 saturated heterocycles. The quantitative estimate of drug-likeness (QED) is 0.804. The molecule has 16 heavy (non-hydrogen) atoms. The van der Waals surface area contributed by atoms with Gasteiger partial charge in [-0.05, 0) is 13.0 Å². The van der Waals surface area contributed by atoms with E-state index in [1.807, 2.05) is 19.1 Å². The van der Waals surface area contributed by atoms with E-state index >= 15 is 0 Å². The van der Waals surface area contributed by atoms with Crippen LogP contribution < -0.4 is 10.6 Å². The van der Waals surface area contributed by atoms with E-state index in [1.165, 1.54) is 6.33 Å². The summed E-state index contributed by atoms with van der Waals surface area (Å²) in [5.41, 5.74) is 1.09. The van der Waals surface area contributed by atoms with Gasteiger partial charge in [0, 0.05) is 24.7 Å². The summed E-state index contributed by atoms with van der Waals surface area (Å²) in [7, 11) is 0.